The Bertz CT molecular complexity index is 477. The van der Waals surface area contributed by atoms with E-state index in [9.17, 15) is 4.79 Å². The van der Waals surface area contributed by atoms with E-state index in [-0.39, 0.29) is 5.91 Å². The maximum Gasteiger partial charge on any atom is 0.238 e. The van der Waals surface area contributed by atoms with Crippen LogP contribution in [0.25, 0.3) is 0 Å². The topological polar surface area (TPSA) is 44.4 Å². The van der Waals surface area contributed by atoms with Crippen LogP contribution in [0.3, 0.4) is 0 Å². The molecule has 2 N–H and O–H groups in total. The largest absolute Gasteiger partial charge is 0.323 e. The normalized spacial score (nSPS) is 15.2. The van der Waals surface area contributed by atoms with E-state index in [1.807, 2.05) is 26.0 Å². The quantitative estimate of drug-likeness (QED) is 0.875. The Kier molecular flexibility index (Phi) is 5.02. The number of carbonyl (C=O) groups excluding carboxylic acids is 1. The van der Waals surface area contributed by atoms with Gasteiger partial charge in [-0.25, -0.2) is 0 Å². The summed E-state index contributed by atoms with van der Waals surface area (Å²) in [6.45, 7) is 9.24. The molecule has 1 saturated heterocycles. The zero-order chi connectivity index (χ0) is 14.7. The fraction of sp³-hybridized carbons (Fsp3) is 0.533. The Morgan fingerprint density at radius 3 is 2.65 bits per heavy atom. The minimum absolute atomic E-state index is 0.00685. The van der Waals surface area contributed by atoms with Crippen LogP contribution in [0.5, 0.6) is 0 Å². The summed E-state index contributed by atoms with van der Waals surface area (Å²) in [4.78, 5) is 14.4. The van der Waals surface area contributed by atoms with Gasteiger partial charge in [-0.3, -0.25) is 9.69 Å². The summed E-state index contributed by atoms with van der Waals surface area (Å²) in [5, 5.41) is 6.77. The summed E-state index contributed by atoms with van der Waals surface area (Å²) in [6, 6.07) is 4.37. The molecule has 20 heavy (non-hydrogen) atoms. The minimum Gasteiger partial charge on any atom is -0.323 e. The van der Waals surface area contributed by atoms with Crippen LogP contribution >= 0.6 is 11.6 Å². The molecule has 1 amide bonds. The maximum atomic E-state index is 12.2. The predicted molar refractivity (Wildman–Crippen MR) is 83.5 cm³/mol. The van der Waals surface area contributed by atoms with Crippen molar-refractivity contribution in [2.75, 3.05) is 31.5 Å². The summed E-state index contributed by atoms with van der Waals surface area (Å²) in [5.74, 6) is -0.00685. The molecule has 0 saturated carbocycles. The van der Waals surface area contributed by atoms with Crippen molar-refractivity contribution < 1.29 is 4.79 Å². The molecular formula is C15H22ClN3O. The summed E-state index contributed by atoms with van der Waals surface area (Å²) in [5.41, 5.74) is 2.82. The van der Waals surface area contributed by atoms with Crippen LogP contribution in [0.4, 0.5) is 5.69 Å². The fourth-order valence-corrected chi connectivity index (χ4v) is 2.84. The van der Waals surface area contributed by atoms with E-state index in [0.717, 1.165) is 36.4 Å². The number of amides is 1. The van der Waals surface area contributed by atoms with Gasteiger partial charge >= 0.3 is 0 Å². The van der Waals surface area contributed by atoms with Gasteiger partial charge in [-0.2, -0.15) is 0 Å². The second-order valence-electron chi connectivity index (χ2n) is 5.36. The lowest BCUT2D eigenvalue weighted by molar-refractivity contribution is -0.118. The highest BCUT2D eigenvalue weighted by atomic mass is 35.5. The lowest BCUT2D eigenvalue weighted by Gasteiger charge is -2.37. The third-order valence-corrected chi connectivity index (χ3v) is 4.02. The van der Waals surface area contributed by atoms with Crippen molar-refractivity contribution in [3.8, 4) is 0 Å². The number of aryl methyl sites for hydroxylation is 2. The lowest BCUT2D eigenvalue weighted by atomic mass is 10.1. The van der Waals surface area contributed by atoms with Gasteiger partial charge in [-0.1, -0.05) is 24.6 Å². The number of hydrogen-bond acceptors (Lipinski definition) is 3. The summed E-state index contributed by atoms with van der Waals surface area (Å²) in [7, 11) is 0. The van der Waals surface area contributed by atoms with Crippen LogP contribution in [-0.2, 0) is 4.79 Å². The number of nitrogens with one attached hydrogen (secondary N) is 2. The van der Waals surface area contributed by atoms with Gasteiger partial charge < -0.3 is 10.6 Å². The van der Waals surface area contributed by atoms with Crippen LogP contribution in [0.15, 0.2) is 12.1 Å². The molecule has 1 aliphatic heterocycles. The second-order valence-corrected chi connectivity index (χ2v) is 5.77. The Morgan fingerprint density at radius 2 is 2.15 bits per heavy atom. The molecule has 0 bridgehead atoms. The average molecular weight is 296 g/mol. The molecule has 1 heterocycles. The summed E-state index contributed by atoms with van der Waals surface area (Å²) < 4.78 is 0. The van der Waals surface area contributed by atoms with Gasteiger partial charge in [0.2, 0.25) is 5.91 Å². The molecule has 1 aromatic carbocycles. The molecule has 2 rings (SSSR count). The Balaban J connectivity index is 2.00. The highest BCUT2D eigenvalue weighted by Crippen LogP contribution is 2.27. The third-order valence-electron chi connectivity index (χ3n) is 3.73. The Morgan fingerprint density at radius 1 is 1.45 bits per heavy atom. The van der Waals surface area contributed by atoms with Crippen LogP contribution in [0, 0.1) is 13.8 Å². The molecule has 110 valence electrons. The molecule has 0 aliphatic carbocycles. The van der Waals surface area contributed by atoms with Crippen LogP contribution in [-0.4, -0.2) is 43.0 Å². The smallest absolute Gasteiger partial charge is 0.238 e. The number of likely N-dealkylation sites (N-methyl/N-ethyl adjacent to an activating group) is 1. The Labute approximate surface area is 125 Å². The maximum absolute atomic E-state index is 12.2. The number of nitrogens with zero attached hydrogens (tertiary/aromatic N) is 1. The first kappa shape index (κ1) is 15.3. The monoisotopic (exact) mass is 295 g/mol. The average Bonchev–Trinajstić information content (AvgIpc) is 2.30. The zero-order valence-corrected chi connectivity index (χ0v) is 13.0. The third kappa shape index (κ3) is 3.51. The molecule has 1 aromatic rings. The summed E-state index contributed by atoms with van der Waals surface area (Å²) in [6.07, 6.45) is 0. The van der Waals surface area contributed by atoms with Crippen molar-refractivity contribution in [1.29, 1.82) is 0 Å². The van der Waals surface area contributed by atoms with Crippen LogP contribution in [0.2, 0.25) is 5.02 Å². The molecule has 1 fully saturated rings. The van der Waals surface area contributed by atoms with Crippen molar-refractivity contribution in [2.24, 2.45) is 0 Å². The van der Waals surface area contributed by atoms with Gasteiger partial charge in [0.1, 0.15) is 0 Å². The van der Waals surface area contributed by atoms with Crippen molar-refractivity contribution >= 4 is 23.2 Å². The molecule has 0 radical (unpaired) electrons. The Hall–Kier alpha value is -1.10. The van der Waals surface area contributed by atoms with Crippen molar-refractivity contribution in [3.63, 3.8) is 0 Å². The number of hydrogen-bond donors (Lipinski definition) is 2. The van der Waals surface area contributed by atoms with Crippen molar-refractivity contribution in [2.45, 2.75) is 26.8 Å². The predicted octanol–water partition coefficient (Wildman–Crippen LogP) is 2.19. The number of carbonyl (C=O) groups is 1. The first-order valence-corrected chi connectivity index (χ1v) is 7.40. The van der Waals surface area contributed by atoms with Gasteiger partial charge in [0.25, 0.3) is 0 Å². The van der Waals surface area contributed by atoms with E-state index in [1.54, 1.807) is 0 Å². The van der Waals surface area contributed by atoms with E-state index in [1.165, 1.54) is 0 Å². The minimum atomic E-state index is -0.00685. The SMILES string of the molecule is CCN(CC(=O)Nc1c(C)cc(C)cc1Cl)C1CNC1. The first-order chi connectivity index (χ1) is 9.51. The van der Waals surface area contributed by atoms with Crippen molar-refractivity contribution in [3.05, 3.63) is 28.3 Å². The highest BCUT2D eigenvalue weighted by Gasteiger charge is 2.25. The van der Waals surface area contributed by atoms with E-state index in [4.69, 9.17) is 11.6 Å². The number of rotatable bonds is 5. The molecule has 0 atom stereocenters. The van der Waals surface area contributed by atoms with E-state index in [0.29, 0.717) is 17.6 Å². The molecule has 1 aliphatic rings. The van der Waals surface area contributed by atoms with Gasteiger partial charge in [-0.15, -0.1) is 0 Å². The second kappa shape index (κ2) is 6.57. The van der Waals surface area contributed by atoms with Crippen molar-refractivity contribution in [1.82, 2.24) is 10.2 Å². The zero-order valence-electron chi connectivity index (χ0n) is 12.3. The number of halogens is 1. The molecule has 0 unspecified atom stereocenters. The number of benzene rings is 1. The van der Waals surface area contributed by atoms with Gasteiger partial charge in [0, 0.05) is 19.1 Å². The van der Waals surface area contributed by atoms with Gasteiger partial charge in [0.15, 0.2) is 0 Å². The van der Waals surface area contributed by atoms with E-state index in [2.05, 4.69) is 22.5 Å². The van der Waals surface area contributed by atoms with Gasteiger partial charge in [0.05, 0.1) is 17.3 Å². The fourth-order valence-electron chi connectivity index (χ4n) is 2.47. The van der Waals surface area contributed by atoms with Crippen LogP contribution < -0.4 is 10.6 Å². The molecule has 0 aromatic heterocycles. The van der Waals surface area contributed by atoms with E-state index < -0.39 is 0 Å². The van der Waals surface area contributed by atoms with Crippen LogP contribution in [0.1, 0.15) is 18.1 Å². The highest BCUT2D eigenvalue weighted by molar-refractivity contribution is 6.34. The first-order valence-electron chi connectivity index (χ1n) is 7.02. The van der Waals surface area contributed by atoms with Gasteiger partial charge in [-0.05, 0) is 37.6 Å². The molecule has 5 heteroatoms. The standard InChI is InChI=1S/C15H22ClN3O/c1-4-19(12-7-17-8-12)9-14(20)18-15-11(3)5-10(2)6-13(15)16/h5-6,12,17H,4,7-9H2,1-3H3,(H,18,20). The molecule has 4 nitrogen and oxygen atoms in total. The summed E-state index contributed by atoms with van der Waals surface area (Å²) >= 11 is 6.21. The number of anilines is 1. The lowest BCUT2D eigenvalue weighted by Crippen LogP contribution is -2.58. The molecule has 0 spiro atoms. The van der Waals surface area contributed by atoms with E-state index >= 15 is 0 Å². The molecular weight excluding hydrogens is 274 g/mol.